The van der Waals surface area contributed by atoms with Gasteiger partial charge in [0.2, 0.25) is 0 Å². The standard InChI is InChI=1S/C21H26O6/c1-10(9-14(22)25-6)15-19-13(7-8-21(4,5)27-19)18(24)16-17(23)11(2)12(3)26-20(15)16/h7-8,10-12,24H,9H2,1-6H3/t10?,11-,12+/m0/s1. The number of rotatable bonds is 3. The van der Waals surface area contributed by atoms with Gasteiger partial charge in [0.05, 0.1) is 25.0 Å². The lowest BCUT2D eigenvalue weighted by molar-refractivity contribution is -0.140. The van der Waals surface area contributed by atoms with E-state index in [1.165, 1.54) is 7.11 Å². The minimum atomic E-state index is -0.592. The number of phenols is 1. The van der Waals surface area contributed by atoms with Crippen molar-refractivity contribution in [2.45, 2.75) is 58.7 Å². The summed E-state index contributed by atoms with van der Waals surface area (Å²) in [5.41, 5.74) is 0.635. The van der Waals surface area contributed by atoms with Crippen LogP contribution in [-0.2, 0) is 9.53 Å². The third-order valence-electron chi connectivity index (χ3n) is 5.33. The third kappa shape index (κ3) is 3.17. The average molecular weight is 374 g/mol. The Morgan fingerprint density at radius 1 is 1.33 bits per heavy atom. The molecule has 146 valence electrons. The van der Waals surface area contributed by atoms with Crippen LogP contribution >= 0.6 is 0 Å². The van der Waals surface area contributed by atoms with E-state index in [9.17, 15) is 14.7 Å². The van der Waals surface area contributed by atoms with E-state index in [0.717, 1.165) is 0 Å². The van der Waals surface area contributed by atoms with Gasteiger partial charge in [-0.25, -0.2) is 0 Å². The van der Waals surface area contributed by atoms with Gasteiger partial charge in [-0.1, -0.05) is 13.8 Å². The molecule has 0 amide bonds. The normalized spacial score (nSPS) is 23.6. The van der Waals surface area contributed by atoms with Crippen LogP contribution in [0.1, 0.15) is 68.4 Å². The molecule has 2 heterocycles. The molecule has 3 rings (SSSR count). The van der Waals surface area contributed by atoms with Gasteiger partial charge in [-0.3, -0.25) is 9.59 Å². The molecule has 1 aromatic carbocycles. The Morgan fingerprint density at radius 2 is 2.00 bits per heavy atom. The van der Waals surface area contributed by atoms with Gasteiger partial charge in [0.1, 0.15) is 34.5 Å². The molecule has 3 atom stereocenters. The van der Waals surface area contributed by atoms with Crippen LogP contribution in [0.5, 0.6) is 17.2 Å². The smallest absolute Gasteiger partial charge is 0.306 e. The Balaban J connectivity index is 2.28. The number of hydrogen-bond acceptors (Lipinski definition) is 6. The molecule has 27 heavy (non-hydrogen) atoms. The highest BCUT2D eigenvalue weighted by molar-refractivity contribution is 6.06. The van der Waals surface area contributed by atoms with E-state index >= 15 is 0 Å². The summed E-state index contributed by atoms with van der Waals surface area (Å²) in [6.45, 7) is 9.25. The van der Waals surface area contributed by atoms with Crippen molar-refractivity contribution in [3.05, 3.63) is 22.8 Å². The number of fused-ring (bicyclic) bond motifs is 2. The van der Waals surface area contributed by atoms with Gasteiger partial charge < -0.3 is 19.3 Å². The van der Waals surface area contributed by atoms with Crippen LogP contribution in [-0.4, -0.2) is 35.7 Å². The van der Waals surface area contributed by atoms with Crippen LogP contribution in [0.4, 0.5) is 0 Å². The lowest BCUT2D eigenvalue weighted by Crippen LogP contribution is -2.35. The summed E-state index contributed by atoms with van der Waals surface area (Å²) in [6.07, 6.45) is 3.35. The lowest BCUT2D eigenvalue weighted by atomic mass is 9.83. The molecule has 0 saturated heterocycles. The van der Waals surface area contributed by atoms with E-state index in [1.54, 1.807) is 13.0 Å². The molecule has 2 aliphatic heterocycles. The van der Waals surface area contributed by atoms with Gasteiger partial charge in [0.25, 0.3) is 0 Å². The summed E-state index contributed by atoms with van der Waals surface area (Å²) < 4.78 is 17.0. The second-order valence-electron chi connectivity index (χ2n) is 7.91. The predicted molar refractivity (Wildman–Crippen MR) is 100 cm³/mol. The van der Waals surface area contributed by atoms with Crippen molar-refractivity contribution in [1.82, 2.24) is 0 Å². The number of carbonyl (C=O) groups is 2. The Kier molecular flexibility index (Phi) is 4.70. The number of ketones is 1. The number of ether oxygens (including phenoxy) is 3. The van der Waals surface area contributed by atoms with E-state index in [1.807, 2.05) is 33.8 Å². The fraction of sp³-hybridized carbons (Fsp3) is 0.524. The van der Waals surface area contributed by atoms with Crippen LogP contribution in [0, 0.1) is 5.92 Å². The topological polar surface area (TPSA) is 82.1 Å². The zero-order valence-electron chi connectivity index (χ0n) is 16.6. The van der Waals surface area contributed by atoms with Crippen molar-refractivity contribution < 1.29 is 28.9 Å². The van der Waals surface area contributed by atoms with Crippen LogP contribution < -0.4 is 9.47 Å². The molecule has 0 saturated carbocycles. The first-order valence-electron chi connectivity index (χ1n) is 9.16. The first-order chi connectivity index (χ1) is 12.6. The summed E-state index contributed by atoms with van der Waals surface area (Å²) in [5, 5.41) is 10.8. The number of Topliss-reactive ketones (excluding diaryl/α,β-unsaturated/α-hetero) is 1. The van der Waals surface area contributed by atoms with E-state index in [0.29, 0.717) is 22.6 Å². The van der Waals surface area contributed by atoms with E-state index in [4.69, 9.17) is 14.2 Å². The molecule has 6 heteroatoms. The first-order valence-corrected chi connectivity index (χ1v) is 9.16. The van der Waals surface area contributed by atoms with Crippen molar-refractivity contribution in [2.75, 3.05) is 7.11 Å². The number of benzene rings is 1. The molecule has 0 aliphatic carbocycles. The molecule has 0 fully saturated rings. The third-order valence-corrected chi connectivity index (χ3v) is 5.33. The van der Waals surface area contributed by atoms with Gasteiger partial charge >= 0.3 is 5.97 Å². The van der Waals surface area contributed by atoms with Gasteiger partial charge in [-0.15, -0.1) is 0 Å². The molecule has 1 unspecified atom stereocenters. The highest BCUT2D eigenvalue weighted by Gasteiger charge is 2.41. The fourth-order valence-corrected chi connectivity index (χ4v) is 3.54. The minimum absolute atomic E-state index is 0.106. The SMILES string of the molecule is COC(=O)CC(C)c1c2c(c(O)c3c1O[C@H](C)[C@H](C)C3=O)C=CC(C)(C)O2. The first kappa shape index (κ1) is 19.3. The highest BCUT2D eigenvalue weighted by Crippen LogP contribution is 2.52. The number of aromatic hydroxyl groups is 1. The molecule has 1 aromatic rings. The molecule has 0 bridgehead atoms. The largest absolute Gasteiger partial charge is 0.506 e. The molecule has 0 aromatic heterocycles. The minimum Gasteiger partial charge on any atom is -0.506 e. The second kappa shape index (κ2) is 6.59. The maximum absolute atomic E-state index is 12.9. The van der Waals surface area contributed by atoms with E-state index in [-0.39, 0.29) is 47.4 Å². The number of phenolic OH excluding ortho intramolecular Hbond substituents is 1. The van der Waals surface area contributed by atoms with Crippen LogP contribution in [0.25, 0.3) is 6.08 Å². The van der Waals surface area contributed by atoms with Crippen molar-refractivity contribution in [1.29, 1.82) is 0 Å². The quantitative estimate of drug-likeness (QED) is 0.810. The Labute approximate surface area is 159 Å². The van der Waals surface area contributed by atoms with Gasteiger partial charge in [-0.2, -0.15) is 0 Å². The van der Waals surface area contributed by atoms with Crippen LogP contribution in [0.2, 0.25) is 0 Å². The lowest BCUT2D eigenvalue weighted by Gasteiger charge is -2.36. The van der Waals surface area contributed by atoms with E-state index in [2.05, 4.69) is 0 Å². The summed E-state index contributed by atoms with van der Waals surface area (Å²) >= 11 is 0. The number of carbonyl (C=O) groups excluding carboxylic acids is 2. The van der Waals surface area contributed by atoms with Gasteiger partial charge in [-0.05, 0) is 38.8 Å². The molecule has 0 spiro atoms. The highest BCUT2D eigenvalue weighted by atomic mass is 16.5. The second-order valence-corrected chi connectivity index (χ2v) is 7.91. The summed E-state index contributed by atoms with van der Waals surface area (Å²) in [5.74, 6) is -0.619. The van der Waals surface area contributed by atoms with Crippen molar-refractivity contribution >= 4 is 17.8 Å². The number of esters is 1. The number of hydrogen-bond donors (Lipinski definition) is 1. The average Bonchev–Trinajstić information content (AvgIpc) is 2.58. The molecule has 1 N–H and O–H groups in total. The Hall–Kier alpha value is -2.50. The van der Waals surface area contributed by atoms with Crippen molar-refractivity contribution in [2.24, 2.45) is 5.92 Å². The van der Waals surface area contributed by atoms with Crippen molar-refractivity contribution in [3.63, 3.8) is 0 Å². The van der Waals surface area contributed by atoms with Crippen LogP contribution in [0.15, 0.2) is 6.08 Å². The molecule has 6 nitrogen and oxygen atoms in total. The van der Waals surface area contributed by atoms with Gasteiger partial charge in [0.15, 0.2) is 5.78 Å². The summed E-state index contributed by atoms with van der Waals surface area (Å²) in [6, 6.07) is 0. The number of methoxy groups -OCH3 is 1. The molecular weight excluding hydrogens is 348 g/mol. The van der Waals surface area contributed by atoms with Crippen molar-refractivity contribution in [3.8, 4) is 17.2 Å². The monoisotopic (exact) mass is 374 g/mol. The Bertz CT molecular complexity index is 836. The maximum Gasteiger partial charge on any atom is 0.306 e. The van der Waals surface area contributed by atoms with Gasteiger partial charge in [0, 0.05) is 5.56 Å². The molecule has 0 radical (unpaired) electrons. The maximum atomic E-state index is 12.9. The zero-order valence-corrected chi connectivity index (χ0v) is 16.6. The molecule has 2 aliphatic rings. The van der Waals surface area contributed by atoms with E-state index < -0.39 is 5.60 Å². The summed E-state index contributed by atoms with van der Waals surface area (Å²) in [7, 11) is 1.34. The molecular formula is C21H26O6. The van der Waals surface area contributed by atoms with Crippen LogP contribution in [0.3, 0.4) is 0 Å². The Morgan fingerprint density at radius 3 is 2.63 bits per heavy atom. The zero-order chi connectivity index (χ0) is 20.1. The fourth-order valence-electron chi connectivity index (χ4n) is 3.54. The predicted octanol–water partition coefficient (Wildman–Crippen LogP) is 3.84. The summed E-state index contributed by atoms with van der Waals surface area (Å²) in [4.78, 5) is 24.8.